The van der Waals surface area contributed by atoms with Crippen molar-refractivity contribution in [3.05, 3.63) is 86.9 Å². The number of carbonyl (C=O) groups is 2. The summed E-state index contributed by atoms with van der Waals surface area (Å²) >= 11 is 18.2. The van der Waals surface area contributed by atoms with Crippen LogP contribution in [0.5, 0.6) is 11.5 Å². The van der Waals surface area contributed by atoms with E-state index >= 15 is 0 Å². The molecule has 33 heavy (non-hydrogen) atoms. The molecule has 0 fully saturated rings. The van der Waals surface area contributed by atoms with Gasteiger partial charge in [0.25, 0.3) is 0 Å². The number of hydrazone groups is 1. The van der Waals surface area contributed by atoms with Crippen molar-refractivity contribution in [3.63, 3.8) is 0 Å². The van der Waals surface area contributed by atoms with E-state index in [1.807, 2.05) is 0 Å². The summed E-state index contributed by atoms with van der Waals surface area (Å²) in [4.78, 5) is 23.9. The van der Waals surface area contributed by atoms with Gasteiger partial charge in [-0.15, -0.1) is 0 Å². The monoisotopic (exact) mass is 505 g/mol. The van der Waals surface area contributed by atoms with Gasteiger partial charge in [-0.2, -0.15) is 5.10 Å². The number of halogens is 3. The molecule has 7 nitrogen and oxygen atoms in total. The van der Waals surface area contributed by atoms with Crippen molar-refractivity contribution in [2.24, 2.45) is 5.10 Å². The third-order valence-electron chi connectivity index (χ3n) is 4.29. The van der Waals surface area contributed by atoms with Gasteiger partial charge in [-0.25, -0.2) is 5.43 Å². The molecule has 2 N–H and O–H groups in total. The molecule has 0 spiro atoms. The molecule has 0 aliphatic heterocycles. The first-order valence-electron chi connectivity index (χ1n) is 9.51. The van der Waals surface area contributed by atoms with E-state index in [9.17, 15) is 9.59 Å². The number of anilines is 1. The van der Waals surface area contributed by atoms with E-state index in [4.69, 9.17) is 44.3 Å². The molecule has 3 aromatic rings. The number of hydrogen-bond acceptors (Lipinski definition) is 5. The maximum Gasteiger partial charge on any atom is 0.329 e. The molecule has 2 amide bonds. The Bertz CT molecular complexity index is 1180. The molecule has 0 unspecified atom stereocenters. The average Bonchev–Trinajstić information content (AvgIpc) is 2.79. The molecule has 170 valence electrons. The Morgan fingerprint density at radius 2 is 1.67 bits per heavy atom. The van der Waals surface area contributed by atoms with Gasteiger partial charge < -0.3 is 14.8 Å². The summed E-state index contributed by atoms with van der Waals surface area (Å²) in [6.45, 7) is 0.153. The molecule has 0 radical (unpaired) electrons. The number of rotatable bonds is 7. The lowest BCUT2D eigenvalue weighted by atomic mass is 10.2. The molecule has 0 aromatic heterocycles. The minimum absolute atomic E-state index is 0.153. The Hall–Kier alpha value is -3.26. The smallest absolute Gasteiger partial charge is 0.329 e. The van der Waals surface area contributed by atoms with Crippen LogP contribution < -0.4 is 20.2 Å². The standard InChI is InChI=1S/C23H18Cl3N3O4/c1-32-21-10-14(8-9-20(21)33-13-17-18(25)6-3-7-19(17)26)12-27-29-23(31)22(30)28-16-5-2-4-15(24)11-16/h2-12H,13H2,1H3,(H,28,30)(H,29,31)/b27-12-. The van der Waals surface area contributed by atoms with Gasteiger partial charge in [0.15, 0.2) is 11.5 Å². The molecular weight excluding hydrogens is 489 g/mol. The number of ether oxygens (including phenoxy) is 2. The molecule has 3 aromatic carbocycles. The summed E-state index contributed by atoms with van der Waals surface area (Å²) in [6.07, 6.45) is 1.36. The zero-order chi connectivity index (χ0) is 23.8. The van der Waals surface area contributed by atoms with Crippen LogP contribution in [0.1, 0.15) is 11.1 Å². The van der Waals surface area contributed by atoms with Crippen molar-refractivity contribution >= 4 is 58.5 Å². The summed E-state index contributed by atoms with van der Waals surface area (Å²) in [5.41, 5.74) is 3.82. The molecule has 0 saturated carbocycles. The summed E-state index contributed by atoms with van der Waals surface area (Å²) < 4.78 is 11.2. The largest absolute Gasteiger partial charge is 0.493 e. The molecule has 0 heterocycles. The van der Waals surface area contributed by atoms with E-state index in [0.29, 0.717) is 43.4 Å². The van der Waals surface area contributed by atoms with Crippen LogP contribution in [0.25, 0.3) is 0 Å². The summed E-state index contributed by atoms with van der Waals surface area (Å²) in [5.74, 6) is -0.911. The van der Waals surface area contributed by atoms with E-state index in [2.05, 4.69) is 15.8 Å². The van der Waals surface area contributed by atoms with Gasteiger partial charge in [-0.1, -0.05) is 46.9 Å². The van der Waals surface area contributed by atoms with Crippen LogP contribution in [0, 0.1) is 0 Å². The first-order chi connectivity index (χ1) is 15.9. The fraction of sp³-hybridized carbons (Fsp3) is 0.0870. The van der Waals surface area contributed by atoms with Gasteiger partial charge in [-0.05, 0) is 54.1 Å². The lowest BCUT2D eigenvalue weighted by Crippen LogP contribution is -2.32. The number of benzene rings is 3. The molecule has 0 bridgehead atoms. The highest BCUT2D eigenvalue weighted by Gasteiger charge is 2.13. The Balaban J connectivity index is 1.59. The van der Waals surface area contributed by atoms with Crippen LogP contribution in [0.3, 0.4) is 0 Å². The zero-order valence-electron chi connectivity index (χ0n) is 17.3. The molecule has 0 saturated heterocycles. The molecular formula is C23H18Cl3N3O4. The maximum atomic E-state index is 12.0. The number of methoxy groups -OCH3 is 1. The summed E-state index contributed by atoms with van der Waals surface area (Å²) in [6, 6.07) is 16.7. The highest BCUT2D eigenvalue weighted by molar-refractivity contribution is 6.40. The maximum absolute atomic E-state index is 12.0. The van der Waals surface area contributed by atoms with Gasteiger partial charge in [0.2, 0.25) is 0 Å². The first-order valence-corrected chi connectivity index (χ1v) is 10.6. The molecule has 0 aliphatic carbocycles. The number of hydrogen-bond donors (Lipinski definition) is 2. The Morgan fingerprint density at radius 3 is 2.36 bits per heavy atom. The average molecular weight is 507 g/mol. The van der Waals surface area contributed by atoms with Crippen molar-refractivity contribution in [2.45, 2.75) is 6.61 Å². The quantitative estimate of drug-likeness (QED) is 0.258. The second kappa shape index (κ2) is 11.6. The molecule has 3 rings (SSSR count). The Morgan fingerprint density at radius 1 is 0.939 bits per heavy atom. The van der Waals surface area contributed by atoms with E-state index in [-0.39, 0.29) is 6.61 Å². The predicted molar refractivity (Wildman–Crippen MR) is 130 cm³/mol. The van der Waals surface area contributed by atoms with Gasteiger partial charge in [0, 0.05) is 26.3 Å². The lowest BCUT2D eigenvalue weighted by molar-refractivity contribution is -0.136. The van der Waals surface area contributed by atoms with Crippen LogP contribution in [-0.2, 0) is 16.2 Å². The van der Waals surface area contributed by atoms with Crippen LogP contribution in [0.2, 0.25) is 15.1 Å². The second-order valence-corrected chi connectivity index (χ2v) is 7.81. The van der Waals surface area contributed by atoms with Gasteiger partial charge >= 0.3 is 11.8 Å². The predicted octanol–water partition coefficient (Wildman–Crippen LogP) is 5.32. The van der Waals surface area contributed by atoms with E-state index < -0.39 is 11.8 Å². The van der Waals surface area contributed by atoms with Crippen LogP contribution in [0.4, 0.5) is 5.69 Å². The molecule has 0 aliphatic rings. The Kier molecular flexibility index (Phi) is 8.54. The van der Waals surface area contributed by atoms with Crippen molar-refractivity contribution in [2.75, 3.05) is 12.4 Å². The number of amides is 2. The second-order valence-electron chi connectivity index (χ2n) is 6.56. The number of nitrogens with one attached hydrogen (secondary N) is 2. The van der Waals surface area contributed by atoms with Crippen molar-refractivity contribution in [1.29, 1.82) is 0 Å². The minimum atomic E-state index is -0.935. The molecule has 10 heteroatoms. The number of carbonyl (C=O) groups excluding carboxylic acids is 2. The fourth-order valence-electron chi connectivity index (χ4n) is 2.67. The first kappa shape index (κ1) is 24.4. The highest BCUT2D eigenvalue weighted by Crippen LogP contribution is 2.31. The Labute approximate surface area is 205 Å². The van der Waals surface area contributed by atoms with Gasteiger partial charge in [-0.3, -0.25) is 9.59 Å². The normalized spacial score (nSPS) is 10.7. The van der Waals surface area contributed by atoms with E-state index in [0.717, 1.165) is 0 Å². The van der Waals surface area contributed by atoms with Gasteiger partial charge in [0.1, 0.15) is 6.61 Å². The summed E-state index contributed by atoms with van der Waals surface area (Å²) in [7, 11) is 1.49. The van der Waals surface area contributed by atoms with Crippen molar-refractivity contribution in [1.82, 2.24) is 5.43 Å². The topological polar surface area (TPSA) is 89.0 Å². The minimum Gasteiger partial charge on any atom is -0.493 e. The highest BCUT2D eigenvalue weighted by atomic mass is 35.5. The van der Waals surface area contributed by atoms with Gasteiger partial charge in [0.05, 0.1) is 13.3 Å². The van der Waals surface area contributed by atoms with E-state index in [1.54, 1.807) is 54.6 Å². The van der Waals surface area contributed by atoms with Crippen LogP contribution in [-0.4, -0.2) is 25.1 Å². The fourth-order valence-corrected chi connectivity index (χ4v) is 3.37. The summed E-state index contributed by atoms with van der Waals surface area (Å²) in [5, 5.41) is 7.66. The SMILES string of the molecule is COc1cc(/C=N\NC(=O)C(=O)Nc2cccc(Cl)c2)ccc1OCc1c(Cl)cccc1Cl. The molecule has 0 atom stereocenters. The van der Waals surface area contributed by atoms with Crippen molar-refractivity contribution in [3.8, 4) is 11.5 Å². The number of nitrogens with zero attached hydrogens (tertiary/aromatic N) is 1. The van der Waals surface area contributed by atoms with Crippen LogP contribution in [0.15, 0.2) is 65.8 Å². The third kappa shape index (κ3) is 6.86. The zero-order valence-corrected chi connectivity index (χ0v) is 19.5. The third-order valence-corrected chi connectivity index (χ3v) is 5.23. The van der Waals surface area contributed by atoms with Crippen molar-refractivity contribution < 1.29 is 19.1 Å². The lowest BCUT2D eigenvalue weighted by Gasteiger charge is -2.13. The van der Waals surface area contributed by atoms with E-state index in [1.165, 1.54) is 19.4 Å². The van der Waals surface area contributed by atoms with Crippen LogP contribution >= 0.6 is 34.8 Å².